The molecule has 222 valence electrons. The molecule has 1 aliphatic rings. The molecule has 0 fully saturated rings. The zero-order valence-corrected chi connectivity index (χ0v) is 24.1. The SMILES string of the molecule is COc1ccc(C2=N/C(=N\c3[nH]c(-c4ccc(OC)cc4)cc3-c3cccc([N+](=O)[O-])c3)C(c3cccc([N+](=O)[O-])c3)=C2)cc1. The van der Waals surface area contributed by atoms with Crippen molar-refractivity contribution >= 4 is 34.3 Å². The molecule has 4 aromatic carbocycles. The second-order valence-corrected chi connectivity index (χ2v) is 10.0. The number of aliphatic imine (C=N–C) groups is 2. The predicted molar refractivity (Wildman–Crippen MR) is 173 cm³/mol. The van der Waals surface area contributed by atoms with E-state index in [4.69, 9.17) is 19.5 Å². The summed E-state index contributed by atoms with van der Waals surface area (Å²) in [6, 6.07) is 29.3. The molecule has 0 saturated carbocycles. The van der Waals surface area contributed by atoms with Gasteiger partial charge in [-0.3, -0.25) is 20.2 Å². The molecule has 0 spiro atoms. The highest BCUT2D eigenvalue weighted by Crippen LogP contribution is 2.38. The standard InChI is InChI=1S/C34H25N5O6/c1-44-27-13-9-21(10-14-27)31-19-29(23-5-3-7-25(17-23)38(40)41)33(35-31)37-34-30(24-6-4-8-26(18-24)39(42)43)20-32(36-34)22-11-15-28(45-2)16-12-22/h3-20,35H,1-2H3/b37-34-. The van der Waals surface area contributed by atoms with E-state index in [1.807, 2.05) is 60.7 Å². The Morgan fingerprint density at radius 1 is 0.689 bits per heavy atom. The molecule has 0 bridgehead atoms. The van der Waals surface area contributed by atoms with E-state index in [9.17, 15) is 20.2 Å². The van der Waals surface area contributed by atoms with Crippen molar-refractivity contribution < 1.29 is 19.3 Å². The van der Waals surface area contributed by atoms with Crippen LogP contribution < -0.4 is 9.47 Å². The van der Waals surface area contributed by atoms with E-state index >= 15 is 0 Å². The number of amidine groups is 1. The van der Waals surface area contributed by atoms with Gasteiger partial charge < -0.3 is 14.5 Å². The smallest absolute Gasteiger partial charge is 0.270 e. The van der Waals surface area contributed by atoms with Gasteiger partial charge in [0.25, 0.3) is 11.4 Å². The zero-order valence-electron chi connectivity index (χ0n) is 24.1. The van der Waals surface area contributed by atoms with Gasteiger partial charge in [0.15, 0.2) is 5.84 Å². The summed E-state index contributed by atoms with van der Waals surface area (Å²) in [7, 11) is 3.18. The van der Waals surface area contributed by atoms with Crippen LogP contribution in [0.1, 0.15) is 11.1 Å². The molecular weight excluding hydrogens is 574 g/mol. The number of methoxy groups -OCH3 is 2. The highest BCUT2D eigenvalue weighted by Gasteiger charge is 2.23. The topological polar surface area (TPSA) is 145 Å². The Morgan fingerprint density at radius 3 is 1.82 bits per heavy atom. The number of H-pyrrole nitrogens is 1. The molecule has 1 N–H and O–H groups in total. The lowest BCUT2D eigenvalue weighted by Gasteiger charge is -2.05. The van der Waals surface area contributed by atoms with Crippen LogP contribution in [0.2, 0.25) is 0 Å². The summed E-state index contributed by atoms with van der Waals surface area (Å²) in [5.74, 6) is 2.11. The van der Waals surface area contributed by atoms with Gasteiger partial charge in [0.2, 0.25) is 0 Å². The van der Waals surface area contributed by atoms with Crippen molar-refractivity contribution in [1.82, 2.24) is 4.98 Å². The summed E-state index contributed by atoms with van der Waals surface area (Å²) < 4.78 is 10.6. The van der Waals surface area contributed by atoms with Crippen LogP contribution in [0.25, 0.3) is 28.0 Å². The Morgan fingerprint density at radius 2 is 1.24 bits per heavy atom. The van der Waals surface area contributed by atoms with Crippen LogP contribution in [0.3, 0.4) is 0 Å². The quantitative estimate of drug-likeness (QED) is 0.135. The number of nitrogens with zero attached hydrogens (tertiary/aromatic N) is 4. The van der Waals surface area contributed by atoms with Crippen molar-refractivity contribution in [3.8, 4) is 33.9 Å². The number of aromatic nitrogens is 1. The number of hydrogen-bond donors (Lipinski definition) is 1. The van der Waals surface area contributed by atoms with Gasteiger partial charge >= 0.3 is 0 Å². The first kappa shape index (κ1) is 28.7. The summed E-state index contributed by atoms with van der Waals surface area (Å²) in [6.07, 6.45) is 1.83. The maximum absolute atomic E-state index is 11.6. The van der Waals surface area contributed by atoms with Gasteiger partial charge in [0.1, 0.15) is 17.3 Å². The average Bonchev–Trinajstić information content (AvgIpc) is 3.70. The second-order valence-electron chi connectivity index (χ2n) is 10.0. The maximum atomic E-state index is 11.6. The number of nitro benzene ring substituents is 2. The highest BCUT2D eigenvalue weighted by atomic mass is 16.6. The molecule has 0 saturated heterocycles. The number of ether oxygens (including phenoxy) is 2. The summed E-state index contributed by atoms with van der Waals surface area (Å²) in [6.45, 7) is 0. The van der Waals surface area contributed by atoms with Crippen molar-refractivity contribution in [1.29, 1.82) is 0 Å². The lowest BCUT2D eigenvalue weighted by molar-refractivity contribution is -0.385. The van der Waals surface area contributed by atoms with Crippen molar-refractivity contribution in [2.45, 2.75) is 0 Å². The van der Waals surface area contributed by atoms with Crippen LogP contribution in [0.5, 0.6) is 11.5 Å². The molecule has 0 amide bonds. The van der Waals surface area contributed by atoms with E-state index in [2.05, 4.69) is 4.98 Å². The number of nitrogens with one attached hydrogen (secondary N) is 1. The van der Waals surface area contributed by atoms with Gasteiger partial charge in [-0.05, 0) is 77.4 Å². The monoisotopic (exact) mass is 599 g/mol. The second kappa shape index (κ2) is 12.1. The van der Waals surface area contributed by atoms with Gasteiger partial charge in [0.05, 0.1) is 29.8 Å². The van der Waals surface area contributed by atoms with Crippen molar-refractivity contribution in [2.24, 2.45) is 9.98 Å². The van der Waals surface area contributed by atoms with E-state index in [0.29, 0.717) is 51.1 Å². The normalized spacial score (nSPS) is 13.3. The number of aromatic amines is 1. The zero-order chi connectivity index (χ0) is 31.5. The molecule has 0 radical (unpaired) electrons. The number of rotatable bonds is 9. The van der Waals surface area contributed by atoms with Gasteiger partial charge in [-0.25, -0.2) is 9.98 Å². The van der Waals surface area contributed by atoms with Crippen molar-refractivity contribution in [3.63, 3.8) is 0 Å². The molecule has 11 nitrogen and oxygen atoms in total. The van der Waals surface area contributed by atoms with Gasteiger partial charge in [-0.15, -0.1) is 0 Å². The fourth-order valence-electron chi connectivity index (χ4n) is 4.97. The Balaban J connectivity index is 1.53. The van der Waals surface area contributed by atoms with Crippen LogP contribution in [0.4, 0.5) is 17.2 Å². The van der Waals surface area contributed by atoms with Crippen molar-refractivity contribution in [2.75, 3.05) is 14.2 Å². The number of allylic oxidation sites excluding steroid dienone is 1. The van der Waals surface area contributed by atoms with Gasteiger partial charge in [-0.2, -0.15) is 0 Å². The predicted octanol–water partition coefficient (Wildman–Crippen LogP) is 7.80. The Kier molecular flexibility index (Phi) is 7.73. The van der Waals surface area contributed by atoms with Crippen LogP contribution in [-0.2, 0) is 0 Å². The minimum atomic E-state index is -0.451. The summed E-state index contributed by atoms with van der Waals surface area (Å²) in [5.41, 5.74) is 5.19. The fraction of sp³-hybridized carbons (Fsp3) is 0.0588. The lowest BCUT2D eigenvalue weighted by Crippen LogP contribution is -1.97. The molecule has 6 rings (SSSR count). The molecule has 5 aromatic rings. The summed E-state index contributed by atoms with van der Waals surface area (Å²) in [4.78, 5) is 35.5. The third-order valence-electron chi connectivity index (χ3n) is 7.29. The minimum Gasteiger partial charge on any atom is -0.497 e. The molecule has 0 aliphatic carbocycles. The van der Waals surface area contributed by atoms with E-state index in [0.717, 1.165) is 16.8 Å². The number of nitro groups is 2. The molecule has 11 heteroatoms. The Labute approximate surface area is 257 Å². The molecule has 1 aromatic heterocycles. The first-order valence-electron chi connectivity index (χ1n) is 13.7. The Hall–Kier alpha value is -6.36. The van der Waals surface area contributed by atoms with Crippen molar-refractivity contribution in [3.05, 3.63) is 141 Å². The lowest BCUT2D eigenvalue weighted by atomic mass is 10.0. The van der Waals surface area contributed by atoms with Gasteiger partial charge in [0, 0.05) is 46.7 Å². The number of benzene rings is 4. The van der Waals surface area contributed by atoms with E-state index in [1.165, 1.54) is 24.3 Å². The average molecular weight is 600 g/mol. The van der Waals surface area contributed by atoms with Crippen LogP contribution in [0, 0.1) is 20.2 Å². The maximum Gasteiger partial charge on any atom is 0.270 e. The van der Waals surface area contributed by atoms with E-state index in [-0.39, 0.29) is 11.4 Å². The minimum absolute atomic E-state index is 0.0591. The van der Waals surface area contributed by atoms with Gasteiger partial charge in [-0.1, -0.05) is 24.3 Å². The first-order chi connectivity index (χ1) is 21.8. The molecule has 1 aliphatic heterocycles. The van der Waals surface area contributed by atoms with E-state index < -0.39 is 9.85 Å². The molecule has 2 heterocycles. The highest BCUT2D eigenvalue weighted by molar-refractivity contribution is 6.38. The first-order valence-corrected chi connectivity index (χ1v) is 13.7. The Bertz CT molecular complexity index is 2030. The third-order valence-corrected chi connectivity index (χ3v) is 7.29. The van der Waals surface area contributed by atoms with Crippen LogP contribution in [0.15, 0.2) is 119 Å². The number of hydrogen-bond acceptors (Lipinski definition) is 7. The fourth-order valence-corrected chi connectivity index (χ4v) is 4.97. The summed E-state index contributed by atoms with van der Waals surface area (Å²) in [5, 5.41) is 23.2. The molecule has 0 unspecified atom stereocenters. The largest absolute Gasteiger partial charge is 0.497 e. The van der Waals surface area contributed by atoms with Crippen LogP contribution in [-0.4, -0.2) is 40.6 Å². The summed E-state index contributed by atoms with van der Waals surface area (Å²) >= 11 is 0. The molecule has 0 atom stereocenters. The number of non-ortho nitro benzene ring substituents is 2. The third kappa shape index (κ3) is 5.95. The van der Waals surface area contributed by atoms with E-state index in [1.54, 1.807) is 38.5 Å². The molecule has 45 heavy (non-hydrogen) atoms. The molecular formula is C34H25N5O6. The van der Waals surface area contributed by atoms with Crippen LogP contribution >= 0.6 is 0 Å².